The fourth-order valence-electron chi connectivity index (χ4n) is 2.30. The number of rotatable bonds is 7. The molecule has 0 aliphatic carbocycles. The van der Waals surface area contributed by atoms with E-state index in [2.05, 4.69) is 0 Å². The topological polar surface area (TPSA) is 38.8 Å². The fourth-order valence-corrected chi connectivity index (χ4v) is 2.30. The van der Waals surface area contributed by atoms with Gasteiger partial charge in [-0.2, -0.15) is 0 Å². The third kappa shape index (κ3) is 5.35. The van der Waals surface area contributed by atoms with Gasteiger partial charge >= 0.3 is 0 Å². The summed E-state index contributed by atoms with van der Waals surface area (Å²) in [5.74, 6) is 0.860. The molecule has 0 radical (unpaired) electrons. The molecule has 5 heteroatoms. The zero-order chi connectivity index (χ0) is 18.2. The lowest BCUT2D eigenvalue weighted by Crippen LogP contribution is -2.24. The van der Waals surface area contributed by atoms with Crippen molar-refractivity contribution in [3.05, 3.63) is 65.5 Å². The summed E-state index contributed by atoms with van der Waals surface area (Å²) in [7, 11) is 3.29. The van der Waals surface area contributed by atoms with Crippen LogP contribution in [0.15, 0.2) is 48.5 Å². The van der Waals surface area contributed by atoms with Gasteiger partial charge in [0, 0.05) is 19.7 Å². The first-order chi connectivity index (χ1) is 12.0. The second-order valence-electron chi connectivity index (χ2n) is 5.50. The first kappa shape index (κ1) is 18.5. The van der Waals surface area contributed by atoms with Crippen LogP contribution < -0.4 is 9.47 Å². The normalized spacial score (nSPS) is 10.7. The number of amides is 1. The van der Waals surface area contributed by atoms with E-state index < -0.39 is 0 Å². The van der Waals surface area contributed by atoms with Crippen molar-refractivity contribution in [2.45, 2.75) is 13.5 Å². The monoisotopic (exact) mass is 343 g/mol. The molecule has 132 valence electrons. The Morgan fingerprint density at radius 2 is 1.88 bits per heavy atom. The van der Waals surface area contributed by atoms with E-state index in [0.29, 0.717) is 24.7 Å². The maximum absolute atomic E-state index is 12.9. The van der Waals surface area contributed by atoms with Crippen LogP contribution in [0.4, 0.5) is 4.39 Å². The van der Waals surface area contributed by atoms with Gasteiger partial charge in [0.15, 0.2) is 11.5 Å². The molecule has 1 amide bonds. The van der Waals surface area contributed by atoms with Gasteiger partial charge in [0.25, 0.3) is 0 Å². The molecule has 0 N–H and O–H groups in total. The number of nitrogens with zero attached hydrogens (tertiary/aromatic N) is 1. The van der Waals surface area contributed by atoms with E-state index in [9.17, 15) is 9.18 Å². The summed E-state index contributed by atoms with van der Waals surface area (Å²) >= 11 is 0. The van der Waals surface area contributed by atoms with Crippen molar-refractivity contribution < 1.29 is 18.7 Å². The number of methoxy groups -OCH3 is 1. The smallest absolute Gasteiger partial charge is 0.246 e. The van der Waals surface area contributed by atoms with E-state index in [0.717, 1.165) is 11.1 Å². The van der Waals surface area contributed by atoms with Gasteiger partial charge in [0.2, 0.25) is 5.91 Å². The lowest BCUT2D eigenvalue weighted by molar-refractivity contribution is -0.125. The lowest BCUT2D eigenvalue weighted by Gasteiger charge is -2.15. The predicted molar refractivity (Wildman–Crippen MR) is 96.1 cm³/mol. The summed E-state index contributed by atoms with van der Waals surface area (Å²) in [6.45, 7) is 2.84. The van der Waals surface area contributed by atoms with Gasteiger partial charge in [-0.1, -0.05) is 18.2 Å². The minimum absolute atomic E-state index is 0.141. The highest BCUT2D eigenvalue weighted by atomic mass is 19.1. The average Bonchev–Trinajstić information content (AvgIpc) is 2.62. The fraction of sp³-hybridized carbons (Fsp3) is 0.250. The van der Waals surface area contributed by atoms with Gasteiger partial charge in [0.1, 0.15) is 5.82 Å². The molecular formula is C20H22FNO3. The molecule has 2 aromatic carbocycles. The second-order valence-corrected chi connectivity index (χ2v) is 5.50. The molecule has 4 nitrogen and oxygen atoms in total. The highest BCUT2D eigenvalue weighted by Gasteiger charge is 2.07. The molecule has 0 saturated carbocycles. The first-order valence-corrected chi connectivity index (χ1v) is 8.02. The number of carbonyl (C=O) groups excluding carboxylic acids is 1. The molecule has 2 rings (SSSR count). The number of carbonyl (C=O) groups is 1. The molecular weight excluding hydrogens is 321 g/mol. The van der Waals surface area contributed by atoms with Gasteiger partial charge in [-0.15, -0.1) is 0 Å². The molecule has 0 atom stereocenters. The maximum Gasteiger partial charge on any atom is 0.246 e. The summed E-state index contributed by atoms with van der Waals surface area (Å²) in [6, 6.07) is 11.6. The van der Waals surface area contributed by atoms with Crippen molar-refractivity contribution in [2.75, 3.05) is 20.8 Å². The van der Waals surface area contributed by atoms with Crippen LogP contribution in [0.5, 0.6) is 11.5 Å². The van der Waals surface area contributed by atoms with Gasteiger partial charge in [-0.3, -0.25) is 4.79 Å². The summed E-state index contributed by atoms with van der Waals surface area (Å²) in [5.41, 5.74) is 1.71. The summed E-state index contributed by atoms with van der Waals surface area (Å²) in [6.07, 6.45) is 3.23. The van der Waals surface area contributed by atoms with Crippen LogP contribution in [-0.2, 0) is 11.3 Å². The van der Waals surface area contributed by atoms with Crippen LogP contribution in [-0.4, -0.2) is 31.6 Å². The molecule has 0 aliphatic heterocycles. The largest absolute Gasteiger partial charge is 0.493 e. The number of likely N-dealkylation sites (N-methyl/N-ethyl adjacent to an activating group) is 1. The van der Waals surface area contributed by atoms with E-state index in [1.807, 2.05) is 19.1 Å². The van der Waals surface area contributed by atoms with Gasteiger partial charge in [0.05, 0.1) is 13.7 Å². The van der Waals surface area contributed by atoms with Gasteiger partial charge in [-0.05, 0) is 48.4 Å². The number of hydrogen-bond donors (Lipinski definition) is 0. The van der Waals surface area contributed by atoms with E-state index in [-0.39, 0.29) is 11.7 Å². The molecule has 0 heterocycles. The van der Waals surface area contributed by atoms with Crippen molar-refractivity contribution in [1.29, 1.82) is 0 Å². The Bertz CT molecular complexity index is 741. The Labute approximate surface area is 147 Å². The molecule has 0 aromatic heterocycles. The number of hydrogen-bond acceptors (Lipinski definition) is 3. The molecule has 2 aromatic rings. The van der Waals surface area contributed by atoms with E-state index in [1.54, 1.807) is 43.3 Å². The highest BCUT2D eigenvalue weighted by molar-refractivity contribution is 5.91. The van der Waals surface area contributed by atoms with Crippen molar-refractivity contribution in [2.24, 2.45) is 0 Å². The van der Waals surface area contributed by atoms with Gasteiger partial charge in [-0.25, -0.2) is 4.39 Å². The van der Waals surface area contributed by atoms with Crippen LogP contribution >= 0.6 is 0 Å². The first-order valence-electron chi connectivity index (χ1n) is 8.02. The molecule has 0 saturated heterocycles. The van der Waals surface area contributed by atoms with Crippen molar-refractivity contribution >= 4 is 12.0 Å². The minimum atomic E-state index is -0.290. The van der Waals surface area contributed by atoms with Crippen molar-refractivity contribution in [1.82, 2.24) is 4.90 Å². The zero-order valence-electron chi connectivity index (χ0n) is 14.7. The Morgan fingerprint density at radius 1 is 1.16 bits per heavy atom. The summed E-state index contributed by atoms with van der Waals surface area (Å²) in [4.78, 5) is 13.8. The van der Waals surface area contributed by atoms with Crippen LogP contribution in [0.25, 0.3) is 6.08 Å². The van der Waals surface area contributed by atoms with E-state index >= 15 is 0 Å². The van der Waals surface area contributed by atoms with Crippen molar-refractivity contribution in [3.63, 3.8) is 0 Å². The van der Waals surface area contributed by atoms with Crippen LogP contribution in [0.3, 0.4) is 0 Å². The Morgan fingerprint density at radius 3 is 2.52 bits per heavy atom. The quantitative estimate of drug-likeness (QED) is 0.716. The second kappa shape index (κ2) is 8.87. The molecule has 0 bridgehead atoms. The third-order valence-electron chi connectivity index (χ3n) is 3.62. The molecule has 0 aliphatic rings. The van der Waals surface area contributed by atoms with Crippen LogP contribution in [0, 0.1) is 5.82 Å². The number of benzene rings is 2. The highest BCUT2D eigenvalue weighted by Crippen LogP contribution is 2.28. The van der Waals surface area contributed by atoms with Crippen LogP contribution in [0.1, 0.15) is 18.1 Å². The Kier molecular flexibility index (Phi) is 6.57. The SMILES string of the molecule is CCOc1cc(/C=C/C(=O)N(C)Cc2ccc(F)cc2)ccc1OC. The van der Waals surface area contributed by atoms with E-state index in [4.69, 9.17) is 9.47 Å². The average molecular weight is 343 g/mol. The molecule has 0 fully saturated rings. The summed E-state index contributed by atoms with van der Waals surface area (Å²) in [5, 5.41) is 0. The Balaban J connectivity index is 2.03. The van der Waals surface area contributed by atoms with E-state index in [1.165, 1.54) is 18.2 Å². The molecule has 25 heavy (non-hydrogen) atoms. The molecule has 0 unspecified atom stereocenters. The third-order valence-corrected chi connectivity index (χ3v) is 3.62. The Hall–Kier alpha value is -2.82. The standard InChI is InChI=1S/C20H22FNO3/c1-4-25-19-13-15(7-11-18(19)24-3)8-12-20(23)22(2)14-16-5-9-17(21)10-6-16/h5-13H,4,14H2,1-3H3/b12-8+. The lowest BCUT2D eigenvalue weighted by atomic mass is 10.1. The zero-order valence-corrected chi connectivity index (χ0v) is 14.7. The number of halogens is 1. The number of ether oxygens (including phenoxy) is 2. The van der Waals surface area contributed by atoms with Crippen molar-refractivity contribution in [3.8, 4) is 11.5 Å². The predicted octanol–water partition coefficient (Wildman–Crippen LogP) is 3.90. The molecule has 0 spiro atoms. The summed E-state index contributed by atoms with van der Waals surface area (Å²) < 4.78 is 23.7. The maximum atomic E-state index is 12.9. The van der Waals surface area contributed by atoms with Crippen LogP contribution in [0.2, 0.25) is 0 Å². The van der Waals surface area contributed by atoms with Gasteiger partial charge < -0.3 is 14.4 Å². The minimum Gasteiger partial charge on any atom is -0.493 e.